The molecule has 23 heavy (non-hydrogen) atoms. The largest absolute Gasteiger partial charge is 0.494 e. The molecule has 0 bridgehead atoms. The molecule has 130 valence electrons. The number of hydrogen-bond acceptors (Lipinski definition) is 3. The maximum absolute atomic E-state index is 12.3. The third kappa shape index (κ3) is 6.40. The van der Waals surface area contributed by atoms with Gasteiger partial charge in [-0.15, -0.1) is 12.4 Å². The molecule has 0 saturated carbocycles. The Balaban J connectivity index is 0.00000264. The Labute approximate surface area is 145 Å². The Kier molecular flexibility index (Phi) is 8.42. The van der Waals surface area contributed by atoms with Gasteiger partial charge in [0.05, 0.1) is 6.61 Å². The van der Waals surface area contributed by atoms with Crippen LogP contribution in [0.2, 0.25) is 0 Å². The van der Waals surface area contributed by atoms with Crippen LogP contribution in [0.4, 0.5) is 0 Å². The van der Waals surface area contributed by atoms with E-state index in [1.165, 1.54) is 0 Å². The highest BCUT2D eigenvalue weighted by Gasteiger charge is 2.22. The molecule has 1 fully saturated rings. The number of piperidine rings is 1. The lowest BCUT2D eigenvalue weighted by Crippen LogP contribution is -2.48. The molecule has 1 saturated heterocycles. The molecule has 1 amide bonds. The number of ether oxygens (including phenoxy) is 1. The van der Waals surface area contributed by atoms with Crippen LogP contribution in [0.25, 0.3) is 0 Å². The fourth-order valence-corrected chi connectivity index (χ4v) is 2.60. The van der Waals surface area contributed by atoms with Crippen LogP contribution in [0.3, 0.4) is 0 Å². The quantitative estimate of drug-likeness (QED) is 0.835. The lowest BCUT2D eigenvalue weighted by atomic mass is 9.95. The second kappa shape index (κ2) is 9.78. The number of rotatable bonds is 6. The second-order valence-electron chi connectivity index (χ2n) is 6.61. The first kappa shape index (κ1) is 19.8. The van der Waals surface area contributed by atoms with E-state index < -0.39 is 0 Å². The Morgan fingerprint density at radius 1 is 1.35 bits per heavy atom. The zero-order valence-electron chi connectivity index (χ0n) is 14.3. The fourth-order valence-electron chi connectivity index (χ4n) is 2.60. The van der Waals surface area contributed by atoms with Crippen LogP contribution in [0.1, 0.15) is 44.0 Å². The summed E-state index contributed by atoms with van der Waals surface area (Å²) in [4.78, 5) is 12.3. The molecule has 0 aromatic heterocycles. The molecule has 1 aromatic rings. The van der Waals surface area contributed by atoms with Gasteiger partial charge in [-0.05, 0) is 62.0 Å². The van der Waals surface area contributed by atoms with Gasteiger partial charge in [0.1, 0.15) is 5.75 Å². The lowest BCUT2D eigenvalue weighted by molar-refractivity contribution is 0.0914. The molecule has 2 rings (SSSR count). The molecule has 1 aromatic carbocycles. The van der Waals surface area contributed by atoms with E-state index in [1.807, 2.05) is 24.3 Å². The summed E-state index contributed by atoms with van der Waals surface area (Å²) in [6.07, 6.45) is 2.03. The van der Waals surface area contributed by atoms with Crippen molar-refractivity contribution in [2.24, 2.45) is 11.8 Å². The third-order valence-electron chi connectivity index (χ3n) is 4.18. The van der Waals surface area contributed by atoms with E-state index in [4.69, 9.17) is 4.74 Å². The molecular weight excluding hydrogens is 312 g/mol. The fraction of sp³-hybridized carbons (Fsp3) is 0.611. The minimum Gasteiger partial charge on any atom is -0.494 e. The molecule has 0 spiro atoms. The van der Waals surface area contributed by atoms with Crippen LogP contribution in [-0.4, -0.2) is 31.6 Å². The van der Waals surface area contributed by atoms with Crippen LogP contribution in [0, 0.1) is 11.8 Å². The van der Waals surface area contributed by atoms with Gasteiger partial charge in [0.2, 0.25) is 0 Å². The van der Waals surface area contributed by atoms with Crippen molar-refractivity contribution >= 4 is 18.3 Å². The number of nitrogens with one attached hydrogen (secondary N) is 2. The number of carbonyl (C=O) groups is 1. The molecule has 1 aliphatic rings. The van der Waals surface area contributed by atoms with E-state index in [-0.39, 0.29) is 24.4 Å². The van der Waals surface area contributed by atoms with E-state index in [9.17, 15) is 4.79 Å². The number of carbonyl (C=O) groups excluding carboxylic acids is 1. The second-order valence-corrected chi connectivity index (χ2v) is 6.61. The van der Waals surface area contributed by atoms with Crippen molar-refractivity contribution in [1.82, 2.24) is 10.6 Å². The lowest BCUT2D eigenvalue weighted by Gasteiger charge is -2.30. The first-order valence-corrected chi connectivity index (χ1v) is 8.30. The third-order valence-corrected chi connectivity index (χ3v) is 4.18. The van der Waals surface area contributed by atoms with Gasteiger partial charge in [-0.3, -0.25) is 4.79 Å². The SMILES string of the molecule is CC(C)CCOc1ccc(C(=O)NC2CCNCC2C)cc1.Cl. The minimum atomic E-state index is 0. The molecule has 2 unspecified atom stereocenters. The van der Waals surface area contributed by atoms with E-state index in [0.717, 1.165) is 38.3 Å². The predicted octanol–water partition coefficient (Wildman–Crippen LogP) is 3.26. The minimum absolute atomic E-state index is 0. The Morgan fingerprint density at radius 2 is 2.04 bits per heavy atom. The summed E-state index contributed by atoms with van der Waals surface area (Å²) in [5, 5.41) is 6.49. The summed E-state index contributed by atoms with van der Waals surface area (Å²) in [5.41, 5.74) is 0.696. The van der Waals surface area contributed by atoms with Crippen LogP contribution in [0.15, 0.2) is 24.3 Å². The molecule has 2 N–H and O–H groups in total. The first-order valence-electron chi connectivity index (χ1n) is 8.30. The summed E-state index contributed by atoms with van der Waals surface area (Å²) in [6.45, 7) is 9.18. The van der Waals surface area contributed by atoms with Gasteiger partial charge in [-0.2, -0.15) is 0 Å². The van der Waals surface area contributed by atoms with Crippen molar-refractivity contribution < 1.29 is 9.53 Å². The van der Waals surface area contributed by atoms with E-state index in [2.05, 4.69) is 31.4 Å². The summed E-state index contributed by atoms with van der Waals surface area (Å²) >= 11 is 0. The van der Waals surface area contributed by atoms with Gasteiger partial charge in [-0.1, -0.05) is 20.8 Å². The topological polar surface area (TPSA) is 50.4 Å². The van der Waals surface area contributed by atoms with Crippen LogP contribution in [0.5, 0.6) is 5.75 Å². The van der Waals surface area contributed by atoms with Gasteiger partial charge in [0, 0.05) is 11.6 Å². The zero-order chi connectivity index (χ0) is 15.9. The standard InChI is InChI=1S/C18H28N2O2.ClH/c1-13(2)9-11-22-16-6-4-15(5-7-16)18(21)20-17-8-10-19-12-14(17)3;/h4-7,13-14,17,19H,8-12H2,1-3H3,(H,20,21);1H. The zero-order valence-corrected chi connectivity index (χ0v) is 15.1. The first-order chi connectivity index (χ1) is 10.6. The highest BCUT2D eigenvalue weighted by Crippen LogP contribution is 2.15. The molecule has 0 radical (unpaired) electrons. The van der Waals surface area contributed by atoms with E-state index in [1.54, 1.807) is 0 Å². The maximum atomic E-state index is 12.3. The summed E-state index contributed by atoms with van der Waals surface area (Å²) in [5.74, 6) is 1.94. The molecule has 1 aliphatic heterocycles. The van der Waals surface area contributed by atoms with Gasteiger partial charge < -0.3 is 15.4 Å². The summed E-state index contributed by atoms with van der Waals surface area (Å²) < 4.78 is 5.68. The van der Waals surface area contributed by atoms with Crippen molar-refractivity contribution in [3.63, 3.8) is 0 Å². The van der Waals surface area contributed by atoms with Crippen molar-refractivity contribution in [2.45, 2.75) is 39.7 Å². The predicted molar refractivity (Wildman–Crippen MR) is 96.5 cm³/mol. The number of hydrogen-bond donors (Lipinski definition) is 2. The van der Waals surface area contributed by atoms with Crippen molar-refractivity contribution in [3.8, 4) is 5.75 Å². The van der Waals surface area contributed by atoms with Crippen molar-refractivity contribution in [3.05, 3.63) is 29.8 Å². The Hall–Kier alpha value is -1.26. The van der Waals surface area contributed by atoms with Crippen molar-refractivity contribution in [2.75, 3.05) is 19.7 Å². The molecule has 1 heterocycles. The summed E-state index contributed by atoms with van der Waals surface area (Å²) in [7, 11) is 0. The summed E-state index contributed by atoms with van der Waals surface area (Å²) in [6, 6.07) is 7.69. The average molecular weight is 341 g/mol. The highest BCUT2D eigenvalue weighted by molar-refractivity contribution is 5.94. The maximum Gasteiger partial charge on any atom is 0.251 e. The van der Waals surface area contributed by atoms with Crippen LogP contribution >= 0.6 is 12.4 Å². The molecule has 4 nitrogen and oxygen atoms in total. The Bertz CT molecular complexity index is 476. The average Bonchev–Trinajstić information content (AvgIpc) is 2.50. The molecule has 0 aliphatic carbocycles. The number of amides is 1. The van der Waals surface area contributed by atoms with Crippen molar-refractivity contribution in [1.29, 1.82) is 0 Å². The van der Waals surface area contributed by atoms with E-state index in [0.29, 0.717) is 17.4 Å². The van der Waals surface area contributed by atoms with Crippen LogP contribution in [-0.2, 0) is 0 Å². The van der Waals surface area contributed by atoms with Gasteiger partial charge in [-0.25, -0.2) is 0 Å². The monoisotopic (exact) mass is 340 g/mol. The van der Waals surface area contributed by atoms with Crippen LogP contribution < -0.4 is 15.4 Å². The van der Waals surface area contributed by atoms with Gasteiger partial charge in [0.15, 0.2) is 0 Å². The molecular formula is C18H29ClN2O2. The number of halogens is 1. The van der Waals surface area contributed by atoms with Gasteiger partial charge in [0.25, 0.3) is 5.91 Å². The smallest absolute Gasteiger partial charge is 0.251 e. The molecule has 5 heteroatoms. The molecule has 2 atom stereocenters. The highest BCUT2D eigenvalue weighted by atomic mass is 35.5. The van der Waals surface area contributed by atoms with Gasteiger partial charge >= 0.3 is 0 Å². The normalized spacial score (nSPS) is 20.7. The number of benzene rings is 1. The van der Waals surface area contributed by atoms with E-state index >= 15 is 0 Å². The Morgan fingerprint density at radius 3 is 2.65 bits per heavy atom.